The second kappa shape index (κ2) is 7.85. The van der Waals surface area contributed by atoms with Crippen LogP contribution >= 0.6 is 11.3 Å². The average Bonchev–Trinajstić information content (AvgIpc) is 3.41. The molecule has 2 aromatic heterocycles. The van der Waals surface area contributed by atoms with Crippen LogP contribution in [0, 0.1) is 5.41 Å². The molecule has 166 valence electrons. The molecule has 3 heterocycles. The third kappa shape index (κ3) is 3.24. The fourth-order valence-electron chi connectivity index (χ4n) is 4.94. The van der Waals surface area contributed by atoms with Gasteiger partial charge in [-0.15, -0.1) is 11.3 Å². The van der Waals surface area contributed by atoms with Crippen molar-refractivity contribution in [2.45, 2.75) is 39.2 Å². The molecule has 2 aliphatic rings. The summed E-state index contributed by atoms with van der Waals surface area (Å²) < 4.78 is 5.64. The summed E-state index contributed by atoms with van der Waals surface area (Å²) in [7, 11) is 5.38. The van der Waals surface area contributed by atoms with Gasteiger partial charge < -0.3 is 15.0 Å². The number of ether oxygens (including phenoxy) is 1. The molecule has 8 heteroatoms. The molecule has 1 amide bonds. The van der Waals surface area contributed by atoms with Crippen molar-refractivity contribution >= 4 is 45.2 Å². The van der Waals surface area contributed by atoms with E-state index in [1.165, 1.54) is 10.4 Å². The van der Waals surface area contributed by atoms with Gasteiger partial charge in [0.05, 0.1) is 30.1 Å². The first-order valence-corrected chi connectivity index (χ1v) is 11.7. The van der Waals surface area contributed by atoms with Crippen molar-refractivity contribution in [1.29, 1.82) is 0 Å². The van der Waals surface area contributed by atoms with Crippen LogP contribution in [0.15, 0.2) is 23.5 Å². The minimum absolute atomic E-state index is 0.220. The normalized spacial score (nSPS) is 19.0. The second-order valence-corrected chi connectivity index (χ2v) is 9.85. The maximum atomic E-state index is 13.0. The number of fused-ring (bicyclic) bond motifs is 4. The number of aliphatic imine (C=N–C) groups is 1. The second-order valence-electron chi connectivity index (χ2n) is 8.76. The third-order valence-electron chi connectivity index (χ3n) is 6.77. The van der Waals surface area contributed by atoms with Gasteiger partial charge in [-0.25, -0.2) is 9.97 Å². The zero-order chi connectivity index (χ0) is 22.5. The number of rotatable bonds is 5. The minimum Gasteiger partial charge on any atom is -0.495 e. The fraction of sp³-hybridized carbons (Fsp3) is 0.417. The number of benzene rings is 1. The zero-order valence-electron chi connectivity index (χ0n) is 18.9. The molecule has 0 radical (unpaired) electrons. The molecule has 32 heavy (non-hydrogen) atoms. The Hall–Kier alpha value is -3.00. The molecule has 1 atom stereocenters. The number of anilines is 2. The van der Waals surface area contributed by atoms with Gasteiger partial charge in [0.1, 0.15) is 22.7 Å². The highest BCUT2D eigenvalue weighted by Crippen LogP contribution is 2.47. The molecule has 1 aliphatic heterocycles. The topological polar surface area (TPSA) is 79.7 Å². The number of amides is 1. The Labute approximate surface area is 191 Å². The molecular weight excluding hydrogens is 422 g/mol. The molecule has 7 nitrogen and oxygen atoms in total. The lowest BCUT2D eigenvalue weighted by molar-refractivity contribution is -0.140. The number of nitrogens with one attached hydrogen (secondary N) is 1. The average molecular weight is 450 g/mol. The van der Waals surface area contributed by atoms with Crippen LogP contribution in [0.3, 0.4) is 0 Å². The first-order valence-electron chi connectivity index (χ1n) is 10.9. The predicted octanol–water partition coefficient (Wildman–Crippen LogP) is 4.35. The van der Waals surface area contributed by atoms with E-state index in [0.29, 0.717) is 6.54 Å². The van der Waals surface area contributed by atoms with E-state index >= 15 is 0 Å². The highest BCUT2D eigenvalue weighted by atomic mass is 32.1. The SMILES string of the molecule is CC[C@@]1(C(=O)N(C)C)CCc2c(sc3ncnc(Nc4cc5c(cc4OC)CN=C5)c23)C1. The summed E-state index contributed by atoms with van der Waals surface area (Å²) in [6.07, 6.45) is 6.78. The number of methoxy groups -OCH3 is 1. The number of carbonyl (C=O) groups excluding carboxylic acids is 1. The molecule has 5 rings (SSSR count). The smallest absolute Gasteiger partial charge is 0.228 e. The molecule has 0 spiro atoms. The fourth-order valence-corrected chi connectivity index (χ4v) is 6.27. The lowest BCUT2D eigenvalue weighted by Crippen LogP contribution is -2.43. The summed E-state index contributed by atoms with van der Waals surface area (Å²) >= 11 is 1.69. The Morgan fingerprint density at radius 2 is 2.16 bits per heavy atom. The van der Waals surface area contributed by atoms with E-state index in [1.54, 1.807) is 29.7 Å². The molecule has 0 unspecified atom stereocenters. The summed E-state index contributed by atoms with van der Waals surface area (Å²) in [5.41, 5.74) is 4.06. The molecule has 1 aromatic carbocycles. The highest BCUT2D eigenvalue weighted by Gasteiger charge is 2.42. The van der Waals surface area contributed by atoms with Crippen LogP contribution in [0.5, 0.6) is 5.75 Å². The van der Waals surface area contributed by atoms with Crippen molar-refractivity contribution in [2.24, 2.45) is 10.4 Å². The van der Waals surface area contributed by atoms with Gasteiger partial charge in [0.25, 0.3) is 0 Å². The van der Waals surface area contributed by atoms with Gasteiger partial charge in [-0.05, 0) is 54.5 Å². The summed E-state index contributed by atoms with van der Waals surface area (Å²) in [5.74, 6) is 1.77. The summed E-state index contributed by atoms with van der Waals surface area (Å²) in [6.45, 7) is 2.81. The lowest BCUT2D eigenvalue weighted by Gasteiger charge is -2.37. The van der Waals surface area contributed by atoms with Crippen molar-refractivity contribution in [3.05, 3.63) is 40.0 Å². The van der Waals surface area contributed by atoms with Crippen molar-refractivity contribution in [1.82, 2.24) is 14.9 Å². The first kappa shape index (κ1) is 20.9. The maximum absolute atomic E-state index is 13.0. The highest BCUT2D eigenvalue weighted by molar-refractivity contribution is 7.19. The van der Waals surface area contributed by atoms with Gasteiger partial charge in [-0.2, -0.15) is 0 Å². The molecule has 1 aliphatic carbocycles. The maximum Gasteiger partial charge on any atom is 0.228 e. The Morgan fingerprint density at radius 1 is 1.31 bits per heavy atom. The van der Waals surface area contributed by atoms with Crippen molar-refractivity contribution in [3.8, 4) is 5.75 Å². The van der Waals surface area contributed by atoms with E-state index < -0.39 is 0 Å². The van der Waals surface area contributed by atoms with E-state index in [-0.39, 0.29) is 11.3 Å². The van der Waals surface area contributed by atoms with Crippen LogP contribution in [-0.4, -0.2) is 48.2 Å². The van der Waals surface area contributed by atoms with Crippen LogP contribution < -0.4 is 10.1 Å². The van der Waals surface area contributed by atoms with Crippen LogP contribution in [0.1, 0.15) is 41.3 Å². The predicted molar refractivity (Wildman–Crippen MR) is 128 cm³/mol. The molecule has 0 saturated carbocycles. The van der Waals surface area contributed by atoms with Crippen LogP contribution in [-0.2, 0) is 24.2 Å². The van der Waals surface area contributed by atoms with Crippen molar-refractivity contribution in [2.75, 3.05) is 26.5 Å². The Kier molecular flexibility index (Phi) is 5.12. The van der Waals surface area contributed by atoms with Gasteiger partial charge >= 0.3 is 0 Å². The molecule has 0 fully saturated rings. The molecule has 0 saturated heterocycles. The number of hydrogen-bond acceptors (Lipinski definition) is 7. The zero-order valence-corrected chi connectivity index (χ0v) is 19.7. The quantitative estimate of drug-likeness (QED) is 0.626. The first-order chi connectivity index (χ1) is 15.5. The Morgan fingerprint density at radius 3 is 2.91 bits per heavy atom. The third-order valence-corrected chi connectivity index (χ3v) is 7.91. The number of aryl methyl sites for hydroxylation is 1. The van der Waals surface area contributed by atoms with Gasteiger partial charge in [-0.3, -0.25) is 9.79 Å². The Bertz CT molecular complexity index is 1250. The largest absolute Gasteiger partial charge is 0.495 e. The van der Waals surface area contributed by atoms with Crippen LogP contribution in [0.4, 0.5) is 11.5 Å². The molecular formula is C24H27N5O2S. The van der Waals surface area contributed by atoms with E-state index in [4.69, 9.17) is 4.74 Å². The summed E-state index contributed by atoms with van der Waals surface area (Å²) in [4.78, 5) is 30.5. The standard InChI is InChI=1S/C24H27N5O2S/c1-5-24(23(30)29(2)3)7-6-16-19(10-24)32-22-20(16)21(26-13-27-22)28-17-8-14-11-25-12-15(14)9-18(17)31-4/h8-9,11,13H,5-7,10,12H2,1-4H3,(H,26,27,28)/t24-/m1/s1. The van der Waals surface area contributed by atoms with E-state index in [1.807, 2.05) is 26.4 Å². The van der Waals surface area contributed by atoms with Crippen molar-refractivity contribution < 1.29 is 9.53 Å². The van der Waals surface area contributed by atoms with Gasteiger partial charge in [0.15, 0.2) is 0 Å². The van der Waals surface area contributed by atoms with E-state index in [9.17, 15) is 4.79 Å². The number of nitrogens with zero attached hydrogens (tertiary/aromatic N) is 4. The number of aromatic nitrogens is 2. The number of thiophene rings is 1. The monoisotopic (exact) mass is 449 g/mol. The van der Waals surface area contributed by atoms with Crippen LogP contribution in [0.25, 0.3) is 10.2 Å². The molecule has 1 N–H and O–H groups in total. The van der Waals surface area contributed by atoms with E-state index in [0.717, 1.165) is 64.3 Å². The summed E-state index contributed by atoms with van der Waals surface area (Å²) in [6, 6.07) is 4.10. The van der Waals surface area contributed by atoms with Crippen LogP contribution in [0.2, 0.25) is 0 Å². The van der Waals surface area contributed by atoms with Crippen molar-refractivity contribution in [3.63, 3.8) is 0 Å². The number of carbonyl (C=O) groups is 1. The summed E-state index contributed by atoms with van der Waals surface area (Å²) in [5, 5.41) is 4.56. The Balaban J connectivity index is 1.56. The molecule has 3 aromatic rings. The van der Waals surface area contributed by atoms with Gasteiger partial charge in [0.2, 0.25) is 5.91 Å². The van der Waals surface area contributed by atoms with Gasteiger partial charge in [0, 0.05) is 25.2 Å². The lowest BCUT2D eigenvalue weighted by atomic mass is 9.71. The number of hydrogen-bond donors (Lipinski definition) is 1. The van der Waals surface area contributed by atoms with E-state index in [2.05, 4.69) is 33.3 Å². The van der Waals surface area contributed by atoms with Gasteiger partial charge in [-0.1, -0.05) is 6.92 Å². The molecule has 0 bridgehead atoms. The minimum atomic E-state index is -0.332.